The predicted molar refractivity (Wildman–Crippen MR) is 71.6 cm³/mol. The molecule has 1 aromatic carbocycles. The number of rotatable bonds is 4. The van der Waals surface area contributed by atoms with Crippen molar-refractivity contribution in [3.63, 3.8) is 0 Å². The molecule has 0 aliphatic carbocycles. The van der Waals surface area contributed by atoms with E-state index in [9.17, 15) is 19.2 Å². The minimum atomic E-state index is -0.912. The zero-order valence-electron chi connectivity index (χ0n) is 10.5. The first kappa shape index (κ1) is 15.5. The van der Waals surface area contributed by atoms with Crippen molar-refractivity contribution in [2.24, 2.45) is 0 Å². The summed E-state index contributed by atoms with van der Waals surface area (Å²) in [6, 6.07) is 1.14. The number of ketones is 3. The average molecular weight is 301 g/mol. The maximum atomic E-state index is 11.7. The first-order valence-electron chi connectivity index (χ1n) is 5.27. The summed E-state index contributed by atoms with van der Waals surface area (Å²) in [6.45, 7) is 3.59. The molecular weight excluding hydrogens is 291 g/mol. The van der Waals surface area contributed by atoms with Crippen LogP contribution in [-0.4, -0.2) is 22.6 Å². The molecule has 0 aromatic heterocycles. The highest BCUT2D eigenvalue weighted by atomic mass is 35.5. The van der Waals surface area contributed by atoms with E-state index in [0.717, 1.165) is 6.07 Å². The number of hydrogen-bond acceptors (Lipinski definition) is 4. The van der Waals surface area contributed by atoms with Crippen LogP contribution in [0.3, 0.4) is 0 Å². The highest BCUT2D eigenvalue weighted by molar-refractivity contribution is 6.68. The van der Waals surface area contributed by atoms with Crippen molar-refractivity contribution in [3.8, 4) is 0 Å². The topological polar surface area (TPSA) is 68.3 Å². The minimum Gasteiger partial charge on any atom is -0.294 e. The maximum absolute atomic E-state index is 11.7. The van der Waals surface area contributed by atoms with Crippen LogP contribution in [0.5, 0.6) is 0 Å². The lowest BCUT2D eigenvalue weighted by molar-refractivity contribution is 0.0964. The van der Waals surface area contributed by atoms with Gasteiger partial charge in [0.05, 0.1) is 5.02 Å². The van der Waals surface area contributed by atoms with Crippen LogP contribution in [0.25, 0.3) is 0 Å². The molecule has 6 heteroatoms. The maximum Gasteiger partial charge on any atom is 0.253 e. The summed E-state index contributed by atoms with van der Waals surface area (Å²) in [7, 11) is 0. The van der Waals surface area contributed by atoms with Crippen LogP contribution in [0.4, 0.5) is 0 Å². The Morgan fingerprint density at radius 3 is 1.58 bits per heavy atom. The molecule has 1 rings (SSSR count). The number of carbonyl (C=O) groups is 4. The van der Waals surface area contributed by atoms with Gasteiger partial charge in [-0.1, -0.05) is 11.6 Å². The second kappa shape index (κ2) is 5.63. The highest BCUT2D eigenvalue weighted by Crippen LogP contribution is 2.29. The van der Waals surface area contributed by atoms with Crippen LogP contribution in [0.2, 0.25) is 5.02 Å². The Labute approximate surface area is 119 Å². The van der Waals surface area contributed by atoms with Crippen LogP contribution in [-0.2, 0) is 0 Å². The normalized spacial score (nSPS) is 10.2. The Kier molecular flexibility index (Phi) is 4.61. The molecule has 0 heterocycles. The van der Waals surface area contributed by atoms with Gasteiger partial charge < -0.3 is 0 Å². The molecule has 100 valence electrons. The second-order valence-corrected chi connectivity index (χ2v) is 4.72. The van der Waals surface area contributed by atoms with Crippen LogP contribution < -0.4 is 0 Å². The summed E-state index contributed by atoms with van der Waals surface area (Å²) in [6.07, 6.45) is 0. The Morgan fingerprint density at radius 1 is 0.842 bits per heavy atom. The van der Waals surface area contributed by atoms with Crippen molar-refractivity contribution in [1.82, 2.24) is 0 Å². The number of Topliss-reactive ketones (excluding diaryl/α,β-unsaturated/α-hetero) is 3. The zero-order valence-corrected chi connectivity index (χ0v) is 12.0. The van der Waals surface area contributed by atoms with Gasteiger partial charge in [-0.25, -0.2) is 0 Å². The summed E-state index contributed by atoms with van der Waals surface area (Å²) >= 11 is 11.3. The van der Waals surface area contributed by atoms with Gasteiger partial charge in [-0.2, -0.15) is 0 Å². The van der Waals surface area contributed by atoms with E-state index in [4.69, 9.17) is 23.2 Å². The van der Waals surface area contributed by atoms with E-state index < -0.39 is 22.6 Å². The fourth-order valence-electron chi connectivity index (χ4n) is 1.87. The monoisotopic (exact) mass is 300 g/mol. The molecule has 0 radical (unpaired) electrons. The van der Waals surface area contributed by atoms with Gasteiger partial charge in [0, 0.05) is 22.3 Å². The third-order valence-corrected chi connectivity index (χ3v) is 3.05. The van der Waals surface area contributed by atoms with Crippen LogP contribution in [0.1, 0.15) is 62.2 Å². The fourth-order valence-corrected chi connectivity index (χ4v) is 2.35. The van der Waals surface area contributed by atoms with E-state index in [1.54, 1.807) is 0 Å². The van der Waals surface area contributed by atoms with Gasteiger partial charge in [-0.3, -0.25) is 19.2 Å². The molecule has 0 bridgehead atoms. The third kappa shape index (κ3) is 2.91. The van der Waals surface area contributed by atoms with Crippen molar-refractivity contribution in [2.45, 2.75) is 20.8 Å². The standard InChI is InChI=1S/C13H10Cl2O4/c1-5(16)10-8(13(15)19)4-9(14)11(6(2)17)12(10)7(3)18/h4H,1-3H3. The fraction of sp³-hybridized carbons (Fsp3) is 0.231. The highest BCUT2D eigenvalue weighted by Gasteiger charge is 2.27. The lowest BCUT2D eigenvalue weighted by Gasteiger charge is -2.13. The van der Waals surface area contributed by atoms with Crippen molar-refractivity contribution < 1.29 is 19.2 Å². The molecule has 0 saturated heterocycles. The SMILES string of the molecule is CC(=O)c1c(Cl)cc(C(=O)Cl)c(C(C)=O)c1C(C)=O. The first-order valence-corrected chi connectivity index (χ1v) is 6.03. The number of hydrogen-bond donors (Lipinski definition) is 0. The Balaban J connectivity index is 3.98. The number of benzene rings is 1. The Bertz CT molecular complexity index is 618. The van der Waals surface area contributed by atoms with Gasteiger partial charge in [0.2, 0.25) is 0 Å². The summed E-state index contributed by atoms with van der Waals surface area (Å²) in [4.78, 5) is 46.3. The zero-order chi connectivity index (χ0) is 14.9. The van der Waals surface area contributed by atoms with Crippen LogP contribution in [0, 0.1) is 0 Å². The Morgan fingerprint density at radius 2 is 1.26 bits per heavy atom. The first-order chi connectivity index (χ1) is 8.68. The second-order valence-electron chi connectivity index (χ2n) is 3.97. The molecular formula is C13H10Cl2O4. The van der Waals surface area contributed by atoms with E-state index in [1.807, 2.05) is 0 Å². The van der Waals surface area contributed by atoms with Crippen molar-refractivity contribution in [1.29, 1.82) is 0 Å². The molecule has 0 N–H and O–H groups in total. The van der Waals surface area contributed by atoms with Gasteiger partial charge in [0.15, 0.2) is 17.3 Å². The summed E-state index contributed by atoms with van der Waals surface area (Å²) in [5, 5.41) is -0.989. The lowest BCUT2D eigenvalue weighted by atomic mass is 9.90. The van der Waals surface area contributed by atoms with Crippen LogP contribution >= 0.6 is 23.2 Å². The molecule has 0 saturated carbocycles. The van der Waals surface area contributed by atoms with E-state index in [2.05, 4.69) is 0 Å². The third-order valence-electron chi connectivity index (χ3n) is 2.55. The quantitative estimate of drug-likeness (QED) is 0.632. The molecule has 19 heavy (non-hydrogen) atoms. The van der Waals surface area contributed by atoms with Crippen LogP contribution in [0.15, 0.2) is 6.07 Å². The molecule has 0 aliphatic heterocycles. The number of carbonyl (C=O) groups excluding carboxylic acids is 4. The molecule has 1 aromatic rings. The molecule has 0 atom stereocenters. The minimum absolute atomic E-state index is 0.0685. The molecule has 4 nitrogen and oxygen atoms in total. The van der Waals surface area contributed by atoms with Gasteiger partial charge in [-0.15, -0.1) is 0 Å². The molecule has 0 amide bonds. The number of halogens is 2. The smallest absolute Gasteiger partial charge is 0.253 e. The molecule has 0 spiro atoms. The van der Waals surface area contributed by atoms with E-state index >= 15 is 0 Å². The van der Waals surface area contributed by atoms with Gasteiger partial charge in [0.1, 0.15) is 0 Å². The van der Waals surface area contributed by atoms with Crippen molar-refractivity contribution in [3.05, 3.63) is 33.3 Å². The molecule has 0 unspecified atom stereocenters. The van der Waals surface area contributed by atoms with Crippen molar-refractivity contribution >= 4 is 45.8 Å². The summed E-state index contributed by atoms with van der Waals surface area (Å²) in [5.41, 5.74) is -0.561. The van der Waals surface area contributed by atoms with Crippen molar-refractivity contribution in [2.75, 3.05) is 0 Å². The molecule has 0 fully saturated rings. The lowest BCUT2D eigenvalue weighted by Crippen LogP contribution is -2.16. The van der Waals surface area contributed by atoms with Gasteiger partial charge in [0.25, 0.3) is 5.24 Å². The van der Waals surface area contributed by atoms with E-state index in [0.29, 0.717) is 0 Å². The average Bonchev–Trinajstić information content (AvgIpc) is 2.25. The summed E-state index contributed by atoms with van der Waals surface area (Å²) in [5.74, 6) is -1.53. The molecule has 0 aliphatic rings. The van der Waals surface area contributed by atoms with E-state index in [-0.39, 0.29) is 27.3 Å². The van der Waals surface area contributed by atoms with E-state index in [1.165, 1.54) is 20.8 Å². The van der Waals surface area contributed by atoms with Gasteiger partial charge in [-0.05, 0) is 38.4 Å². The largest absolute Gasteiger partial charge is 0.294 e. The summed E-state index contributed by atoms with van der Waals surface area (Å²) < 4.78 is 0. The predicted octanol–water partition coefficient (Wildman–Crippen LogP) is 3.33. The van der Waals surface area contributed by atoms with Gasteiger partial charge >= 0.3 is 0 Å². The Hall–Kier alpha value is -1.52.